The van der Waals surface area contributed by atoms with Gasteiger partial charge in [-0.15, -0.1) is 0 Å². The van der Waals surface area contributed by atoms with Gasteiger partial charge in [-0.3, -0.25) is 19.4 Å². The molecule has 0 spiro atoms. The van der Waals surface area contributed by atoms with Crippen LogP contribution in [0.5, 0.6) is 0 Å². The van der Waals surface area contributed by atoms with Crippen molar-refractivity contribution in [1.29, 1.82) is 0 Å². The van der Waals surface area contributed by atoms with Gasteiger partial charge in [-0.1, -0.05) is 17.7 Å². The van der Waals surface area contributed by atoms with Gasteiger partial charge in [0.25, 0.3) is 5.91 Å². The maximum atomic E-state index is 12.9. The lowest BCUT2D eigenvalue weighted by molar-refractivity contribution is -0.141. The maximum absolute atomic E-state index is 12.9. The zero-order chi connectivity index (χ0) is 19.0. The number of imide groups is 1. The monoisotopic (exact) mass is 357 g/mol. The number of hydrogen-bond donors (Lipinski definition) is 0. The van der Waals surface area contributed by atoms with Crippen molar-refractivity contribution in [2.45, 2.75) is 65.1 Å². The van der Waals surface area contributed by atoms with E-state index >= 15 is 0 Å². The highest BCUT2D eigenvalue weighted by Crippen LogP contribution is 2.27. The van der Waals surface area contributed by atoms with Gasteiger partial charge in [0.2, 0.25) is 5.91 Å². The van der Waals surface area contributed by atoms with Crippen molar-refractivity contribution in [3.8, 4) is 0 Å². The van der Waals surface area contributed by atoms with E-state index in [2.05, 4.69) is 0 Å². The van der Waals surface area contributed by atoms with Crippen LogP contribution in [0.1, 0.15) is 45.6 Å². The molecule has 6 heteroatoms. The summed E-state index contributed by atoms with van der Waals surface area (Å²) < 4.78 is 0. The van der Waals surface area contributed by atoms with Crippen LogP contribution in [0.2, 0.25) is 0 Å². The molecule has 2 fully saturated rings. The van der Waals surface area contributed by atoms with Crippen molar-refractivity contribution in [2.24, 2.45) is 0 Å². The van der Waals surface area contributed by atoms with Gasteiger partial charge in [0.15, 0.2) is 0 Å². The second-order valence-electron chi connectivity index (χ2n) is 7.52. The second-order valence-corrected chi connectivity index (χ2v) is 7.52. The molecule has 0 aromatic heterocycles. The number of benzene rings is 1. The number of piperidine rings is 1. The molecule has 2 saturated heterocycles. The van der Waals surface area contributed by atoms with Gasteiger partial charge in [0.05, 0.1) is 0 Å². The number of amides is 4. The van der Waals surface area contributed by atoms with Crippen molar-refractivity contribution >= 4 is 23.5 Å². The highest BCUT2D eigenvalue weighted by atomic mass is 16.2. The Bertz CT molecular complexity index is 706. The molecule has 0 N–H and O–H groups in total. The van der Waals surface area contributed by atoms with E-state index < -0.39 is 12.1 Å². The Morgan fingerprint density at radius 2 is 1.62 bits per heavy atom. The Morgan fingerprint density at radius 3 is 2.19 bits per heavy atom. The van der Waals surface area contributed by atoms with Crippen molar-refractivity contribution < 1.29 is 14.4 Å². The number of aryl methyl sites for hydroxylation is 1. The fourth-order valence-corrected chi connectivity index (χ4v) is 4.04. The zero-order valence-electron chi connectivity index (χ0n) is 15.9. The molecular weight excluding hydrogens is 330 g/mol. The third-order valence-corrected chi connectivity index (χ3v) is 5.53. The average Bonchev–Trinajstić information content (AvgIpc) is 2.79. The average molecular weight is 357 g/mol. The van der Waals surface area contributed by atoms with Gasteiger partial charge in [-0.25, -0.2) is 4.79 Å². The molecule has 26 heavy (non-hydrogen) atoms. The summed E-state index contributed by atoms with van der Waals surface area (Å²) in [7, 11) is 0. The van der Waals surface area contributed by atoms with Gasteiger partial charge < -0.3 is 4.90 Å². The van der Waals surface area contributed by atoms with Gasteiger partial charge in [0.1, 0.15) is 12.6 Å². The molecule has 1 aromatic carbocycles. The first-order valence-electron chi connectivity index (χ1n) is 9.33. The van der Waals surface area contributed by atoms with Crippen molar-refractivity contribution in [3.05, 3.63) is 29.8 Å². The Labute approximate surface area is 154 Å². The van der Waals surface area contributed by atoms with Crippen LogP contribution in [0, 0.1) is 6.92 Å². The highest BCUT2D eigenvalue weighted by Gasteiger charge is 2.45. The van der Waals surface area contributed by atoms with E-state index in [0.29, 0.717) is 5.69 Å². The van der Waals surface area contributed by atoms with Crippen molar-refractivity contribution in [2.75, 3.05) is 11.4 Å². The fourth-order valence-electron chi connectivity index (χ4n) is 4.04. The van der Waals surface area contributed by atoms with Crippen molar-refractivity contribution in [1.82, 2.24) is 9.80 Å². The lowest BCUT2D eigenvalue weighted by Crippen LogP contribution is -2.52. The van der Waals surface area contributed by atoms with E-state index in [4.69, 9.17) is 0 Å². The zero-order valence-corrected chi connectivity index (χ0v) is 15.9. The van der Waals surface area contributed by atoms with Crippen molar-refractivity contribution in [3.63, 3.8) is 0 Å². The van der Waals surface area contributed by atoms with Gasteiger partial charge in [-0.05, 0) is 59.1 Å². The molecule has 0 radical (unpaired) electrons. The maximum Gasteiger partial charge on any atom is 0.332 e. The van der Waals surface area contributed by atoms with Gasteiger partial charge >= 0.3 is 6.03 Å². The molecule has 3 atom stereocenters. The summed E-state index contributed by atoms with van der Waals surface area (Å²) in [6.07, 6.45) is 3.03. The number of rotatable bonds is 3. The minimum absolute atomic E-state index is 0.143. The first kappa shape index (κ1) is 18.4. The number of carbonyl (C=O) groups excluding carboxylic acids is 3. The first-order valence-corrected chi connectivity index (χ1v) is 9.33. The molecule has 2 heterocycles. The lowest BCUT2D eigenvalue weighted by atomic mass is 9.97. The Balaban J connectivity index is 1.78. The highest BCUT2D eigenvalue weighted by molar-refractivity contribution is 6.15. The van der Waals surface area contributed by atoms with E-state index in [1.165, 1.54) is 4.90 Å². The molecule has 1 aromatic rings. The quantitative estimate of drug-likeness (QED) is 0.782. The number of carbonyl (C=O) groups is 3. The summed E-state index contributed by atoms with van der Waals surface area (Å²) >= 11 is 0. The summed E-state index contributed by atoms with van der Waals surface area (Å²) in [4.78, 5) is 42.7. The molecule has 0 unspecified atom stereocenters. The van der Waals surface area contributed by atoms with Crippen LogP contribution in [0.4, 0.5) is 10.5 Å². The SMILES string of the molecule is Cc1ccc(N2C(=O)N(CC(=O)N3[C@@H](C)CCC[C@@H]3C)C(=O)[C@H]2C)cc1. The minimum Gasteiger partial charge on any atom is -0.336 e. The third kappa shape index (κ3) is 3.20. The molecule has 0 saturated carbocycles. The van der Waals surface area contributed by atoms with Crippen LogP contribution in [0.15, 0.2) is 24.3 Å². The van der Waals surface area contributed by atoms with Crippen LogP contribution < -0.4 is 4.90 Å². The number of hydrogen-bond acceptors (Lipinski definition) is 3. The van der Waals surface area contributed by atoms with E-state index in [-0.39, 0.29) is 30.4 Å². The van der Waals surface area contributed by atoms with Crippen LogP contribution in [0.25, 0.3) is 0 Å². The van der Waals surface area contributed by atoms with E-state index in [1.54, 1.807) is 6.92 Å². The predicted molar refractivity (Wildman–Crippen MR) is 99.9 cm³/mol. The van der Waals surface area contributed by atoms with Crippen LogP contribution >= 0.6 is 0 Å². The summed E-state index contributed by atoms with van der Waals surface area (Å²) in [6, 6.07) is 6.74. The summed E-state index contributed by atoms with van der Waals surface area (Å²) in [5.74, 6) is -0.467. The second kappa shape index (κ2) is 7.09. The third-order valence-electron chi connectivity index (χ3n) is 5.53. The van der Waals surface area contributed by atoms with Gasteiger partial charge in [0, 0.05) is 17.8 Å². The van der Waals surface area contributed by atoms with Crippen LogP contribution in [-0.2, 0) is 9.59 Å². The molecule has 3 rings (SSSR count). The largest absolute Gasteiger partial charge is 0.336 e. The molecule has 140 valence electrons. The van der Waals surface area contributed by atoms with E-state index in [1.807, 2.05) is 49.9 Å². The Kier molecular flexibility index (Phi) is 5.03. The fraction of sp³-hybridized carbons (Fsp3) is 0.550. The Morgan fingerprint density at radius 1 is 1.04 bits per heavy atom. The minimum atomic E-state index is -0.603. The summed E-state index contributed by atoms with van der Waals surface area (Å²) in [6.45, 7) is 7.55. The molecule has 6 nitrogen and oxygen atoms in total. The van der Waals surface area contributed by atoms with E-state index in [0.717, 1.165) is 29.7 Å². The molecule has 2 aliphatic heterocycles. The standard InChI is InChI=1S/C20H27N3O3/c1-13-8-10-17(11-9-13)23-16(4)19(25)21(20(23)26)12-18(24)22-14(2)6-5-7-15(22)3/h8-11,14-16H,5-7,12H2,1-4H3/t14-,15-,16+/m0/s1. The molecule has 4 amide bonds. The molecule has 0 aliphatic carbocycles. The van der Waals surface area contributed by atoms with Crippen LogP contribution in [-0.4, -0.2) is 52.3 Å². The first-order chi connectivity index (χ1) is 12.3. The summed E-state index contributed by atoms with van der Waals surface area (Å²) in [5, 5.41) is 0. The smallest absolute Gasteiger partial charge is 0.332 e. The molecule has 2 aliphatic rings. The van der Waals surface area contributed by atoms with E-state index in [9.17, 15) is 14.4 Å². The number of urea groups is 1. The van der Waals surface area contributed by atoms with Crippen LogP contribution in [0.3, 0.4) is 0 Å². The lowest BCUT2D eigenvalue weighted by Gasteiger charge is -2.39. The number of likely N-dealkylation sites (tertiary alicyclic amines) is 1. The van der Waals surface area contributed by atoms with Gasteiger partial charge in [-0.2, -0.15) is 0 Å². The molecular formula is C20H27N3O3. The topological polar surface area (TPSA) is 60.9 Å². The normalized spacial score (nSPS) is 26.6. The predicted octanol–water partition coefficient (Wildman–Crippen LogP) is 2.94. The number of nitrogens with zero attached hydrogens (tertiary/aromatic N) is 3. The molecule has 0 bridgehead atoms. The Hall–Kier alpha value is -2.37. The summed E-state index contributed by atoms with van der Waals surface area (Å²) in [5.41, 5.74) is 1.76. The number of anilines is 1.